The van der Waals surface area contributed by atoms with Crippen LogP contribution in [0.3, 0.4) is 0 Å². The van der Waals surface area contributed by atoms with E-state index >= 15 is 0 Å². The second-order valence-electron chi connectivity index (χ2n) is 5.49. The van der Waals surface area contributed by atoms with Gasteiger partial charge in [0.2, 0.25) is 5.91 Å². The Morgan fingerprint density at radius 3 is 2.47 bits per heavy atom. The topological polar surface area (TPSA) is 55.1 Å². The number of hydrogen-bond acceptors (Lipinski definition) is 2. The minimum Gasteiger partial charge on any atom is -0.371 e. The molecule has 1 aromatic carbocycles. The highest BCUT2D eigenvalue weighted by Crippen LogP contribution is 2.54. The van der Waals surface area contributed by atoms with Crippen molar-refractivity contribution in [1.82, 2.24) is 0 Å². The van der Waals surface area contributed by atoms with Crippen LogP contribution in [0, 0.1) is 12.3 Å². The van der Waals surface area contributed by atoms with Crippen LogP contribution in [0.5, 0.6) is 0 Å². The zero-order valence-electron chi connectivity index (χ0n) is 10.7. The summed E-state index contributed by atoms with van der Waals surface area (Å²) in [5.41, 5.74) is 7.03. The van der Waals surface area contributed by atoms with E-state index in [9.17, 15) is 4.79 Å². The number of anilines is 1. The van der Waals surface area contributed by atoms with Crippen molar-refractivity contribution in [2.75, 3.05) is 5.32 Å². The van der Waals surface area contributed by atoms with Gasteiger partial charge >= 0.3 is 0 Å². The first-order chi connectivity index (χ1) is 7.89. The van der Waals surface area contributed by atoms with E-state index in [1.165, 1.54) is 0 Å². The average molecular weight is 232 g/mol. The average Bonchev–Trinajstić information content (AvgIpc) is 3.01. The summed E-state index contributed by atoms with van der Waals surface area (Å²) in [4.78, 5) is 11.8. The second-order valence-corrected chi connectivity index (χ2v) is 5.49. The van der Waals surface area contributed by atoms with E-state index in [0.717, 1.165) is 24.1 Å². The van der Waals surface area contributed by atoms with E-state index in [1.807, 2.05) is 38.1 Å². The number of amides is 1. The number of carbonyl (C=O) groups is 1. The van der Waals surface area contributed by atoms with Crippen molar-refractivity contribution < 1.29 is 4.79 Å². The fourth-order valence-corrected chi connectivity index (χ4v) is 2.18. The maximum absolute atomic E-state index is 11.8. The number of aryl methyl sites for hydroxylation is 1. The molecular formula is C14H20N2O. The monoisotopic (exact) mass is 232 g/mol. The van der Waals surface area contributed by atoms with Gasteiger partial charge in [0, 0.05) is 5.69 Å². The summed E-state index contributed by atoms with van der Waals surface area (Å²) in [5, 5.41) is 3.35. The molecule has 0 saturated heterocycles. The fraction of sp³-hybridized carbons (Fsp3) is 0.500. The molecule has 0 aliphatic heterocycles. The molecule has 1 aliphatic carbocycles. The van der Waals surface area contributed by atoms with Gasteiger partial charge in [-0.05, 0) is 43.7 Å². The molecule has 0 heterocycles. The van der Waals surface area contributed by atoms with Crippen LogP contribution in [-0.4, -0.2) is 11.4 Å². The van der Waals surface area contributed by atoms with E-state index in [2.05, 4.69) is 12.2 Å². The highest BCUT2D eigenvalue weighted by molar-refractivity contribution is 5.89. The van der Waals surface area contributed by atoms with Crippen LogP contribution in [0.25, 0.3) is 0 Å². The summed E-state index contributed by atoms with van der Waals surface area (Å²) in [6, 6.07) is 7.97. The van der Waals surface area contributed by atoms with Crippen LogP contribution in [0.2, 0.25) is 0 Å². The quantitative estimate of drug-likeness (QED) is 0.837. The first-order valence-corrected chi connectivity index (χ1v) is 6.03. The van der Waals surface area contributed by atoms with Crippen LogP contribution in [0.4, 0.5) is 5.69 Å². The lowest BCUT2D eigenvalue weighted by Crippen LogP contribution is -2.54. The Labute approximate surface area is 102 Å². The largest absolute Gasteiger partial charge is 0.371 e. The van der Waals surface area contributed by atoms with E-state index in [-0.39, 0.29) is 11.3 Å². The second kappa shape index (κ2) is 3.76. The van der Waals surface area contributed by atoms with Gasteiger partial charge in [0.15, 0.2) is 0 Å². The Hall–Kier alpha value is -1.51. The van der Waals surface area contributed by atoms with Crippen molar-refractivity contribution in [3.05, 3.63) is 29.8 Å². The van der Waals surface area contributed by atoms with E-state index in [4.69, 9.17) is 5.73 Å². The molecule has 17 heavy (non-hydrogen) atoms. The Balaban J connectivity index is 2.32. The summed E-state index contributed by atoms with van der Waals surface area (Å²) in [7, 11) is 0. The molecule has 0 aromatic heterocycles. The number of nitrogens with one attached hydrogen (secondary N) is 1. The van der Waals surface area contributed by atoms with Crippen molar-refractivity contribution in [2.24, 2.45) is 11.1 Å². The Bertz CT molecular complexity index is 451. The highest BCUT2D eigenvalue weighted by Gasteiger charge is 2.56. The first-order valence-electron chi connectivity index (χ1n) is 6.03. The minimum atomic E-state index is -0.668. The molecule has 3 heteroatoms. The molecule has 1 aliphatic rings. The standard InChI is InChI=1S/C14H20N2O/c1-10-6-4-5-7-11(10)16-14(3,12(15)17)13(2)8-9-13/h4-7,16H,8-9H2,1-3H3,(H2,15,17). The molecule has 1 unspecified atom stereocenters. The highest BCUT2D eigenvalue weighted by atomic mass is 16.1. The molecule has 1 saturated carbocycles. The fourth-order valence-electron chi connectivity index (χ4n) is 2.18. The van der Waals surface area contributed by atoms with Crippen LogP contribution >= 0.6 is 0 Å². The maximum atomic E-state index is 11.8. The molecule has 0 radical (unpaired) electrons. The summed E-state index contributed by atoms with van der Waals surface area (Å²) in [5.74, 6) is -0.277. The van der Waals surface area contributed by atoms with Crippen molar-refractivity contribution in [3.63, 3.8) is 0 Å². The number of primary amides is 1. The summed E-state index contributed by atoms with van der Waals surface area (Å²) < 4.78 is 0. The number of para-hydroxylation sites is 1. The smallest absolute Gasteiger partial charge is 0.243 e. The maximum Gasteiger partial charge on any atom is 0.243 e. The predicted molar refractivity (Wildman–Crippen MR) is 69.7 cm³/mol. The van der Waals surface area contributed by atoms with Gasteiger partial charge in [0.1, 0.15) is 5.54 Å². The molecule has 0 bridgehead atoms. The molecule has 0 spiro atoms. The zero-order chi connectivity index (χ0) is 12.7. The molecule has 2 rings (SSSR count). The summed E-state index contributed by atoms with van der Waals surface area (Å²) in [6.07, 6.45) is 2.09. The van der Waals surface area contributed by atoms with Gasteiger partial charge in [-0.25, -0.2) is 0 Å². The van der Waals surface area contributed by atoms with Gasteiger partial charge in [0.25, 0.3) is 0 Å². The first kappa shape index (κ1) is 12.0. The third kappa shape index (κ3) is 1.90. The SMILES string of the molecule is Cc1ccccc1NC(C)(C(N)=O)C1(C)CC1. The van der Waals surface area contributed by atoms with E-state index in [0.29, 0.717) is 0 Å². The molecular weight excluding hydrogens is 212 g/mol. The lowest BCUT2D eigenvalue weighted by atomic mass is 9.82. The normalized spacial score (nSPS) is 20.4. The van der Waals surface area contributed by atoms with Gasteiger partial charge in [-0.1, -0.05) is 25.1 Å². The molecule has 3 N–H and O–H groups in total. The number of rotatable bonds is 4. The molecule has 1 amide bonds. The van der Waals surface area contributed by atoms with Crippen molar-refractivity contribution >= 4 is 11.6 Å². The van der Waals surface area contributed by atoms with Crippen molar-refractivity contribution in [2.45, 2.75) is 39.2 Å². The molecule has 1 atom stereocenters. The molecule has 92 valence electrons. The Morgan fingerprint density at radius 2 is 2.00 bits per heavy atom. The minimum absolute atomic E-state index is 0.0128. The van der Waals surface area contributed by atoms with Gasteiger partial charge in [-0.2, -0.15) is 0 Å². The van der Waals surface area contributed by atoms with E-state index < -0.39 is 5.54 Å². The van der Waals surface area contributed by atoms with Crippen LogP contribution in [-0.2, 0) is 4.79 Å². The van der Waals surface area contributed by atoms with Gasteiger partial charge < -0.3 is 11.1 Å². The van der Waals surface area contributed by atoms with E-state index in [1.54, 1.807) is 0 Å². The van der Waals surface area contributed by atoms with Gasteiger partial charge in [-0.15, -0.1) is 0 Å². The molecule has 3 nitrogen and oxygen atoms in total. The summed E-state index contributed by atoms with van der Waals surface area (Å²) in [6.45, 7) is 6.05. The van der Waals surface area contributed by atoms with Crippen molar-refractivity contribution in [1.29, 1.82) is 0 Å². The molecule has 1 aromatic rings. The van der Waals surface area contributed by atoms with Crippen LogP contribution in [0.15, 0.2) is 24.3 Å². The van der Waals surface area contributed by atoms with Crippen molar-refractivity contribution in [3.8, 4) is 0 Å². The van der Waals surface area contributed by atoms with Crippen LogP contribution in [0.1, 0.15) is 32.3 Å². The third-order valence-electron chi connectivity index (χ3n) is 4.23. The summed E-state index contributed by atoms with van der Waals surface area (Å²) >= 11 is 0. The number of carbonyl (C=O) groups excluding carboxylic acids is 1. The van der Waals surface area contributed by atoms with Gasteiger partial charge in [0.05, 0.1) is 0 Å². The lowest BCUT2D eigenvalue weighted by Gasteiger charge is -2.35. The number of nitrogens with two attached hydrogens (primary N) is 1. The number of benzene rings is 1. The zero-order valence-corrected chi connectivity index (χ0v) is 10.7. The lowest BCUT2D eigenvalue weighted by molar-refractivity contribution is -0.123. The molecule has 1 fully saturated rings. The Kier molecular flexibility index (Phi) is 2.64. The number of hydrogen-bond donors (Lipinski definition) is 2. The predicted octanol–water partition coefficient (Wildman–Crippen LogP) is 2.45. The Morgan fingerprint density at radius 1 is 1.41 bits per heavy atom. The third-order valence-corrected chi connectivity index (χ3v) is 4.23. The van der Waals surface area contributed by atoms with Crippen LogP contribution < -0.4 is 11.1 Å². The van der Waals surface area contributed by atoms with Gasteiger partial charge in [-0.3, -0.25) is 4.79 Å².